The number of carbonyl (C=O) groups is 3. The molecule has 1 aromatic rings. The van der Waals surface area contributed by atoms with Gasteiger partial charge in [0.25, 0.3) is 0 Å². The van der Waals surface area contributed by atoms with Gasteiger partial charge >= 0.3 is 6.03 Å². The van der Waals surface area contributed by atoms with E-state index in [2.05, 4.69) is 21.2 Å². The second kappa shape index (κ2) is 4.94. The molecule has 1 heterocycles. The summed E-state index contributed by atoms with van der Waals surface area (Å²) in [4.78, 5) is 36.2. The van der Waals surface area contributed by atoms with Gasteiger partial charge in [-0.25, -0.2) is 9.69 Å². The van der Waals surface area contributed by atoms with E-state index in [-0.39, 0.29) is 0 Å². The van der Waals surface area contributed by atoms with Gasteiger partial charge < -0.3 is 0 Å². The van der Waals surface area contributed by atoms with Gasteiger partial charge in [0.2, 0.25) is 11.8 Å². The number of imide groups is 2. The summed E-state index contributed by atoms with van der Waals surface area (Å²) in [7, 11) is 0. The van der Waals surface area contributed by atoms with Gasteiger partial charge in [0.05, 0.1) is 5.69 Å². The van der Waals surface area contributed by atoms with Crippen LogP contribution in [0.15, 0.2) is 16.6 Å². The van der Waals surface area contributed by atoms with E-state index in [1.165, 1.54) is 13.0 Å². The van der Waals surface area contributed by atoms with Crippen LogP contribution in [0, 0.1) is 12.8 Å². The Balaban J connectivity index is 2.52. The number of anilines is 1. The van der Waals surface area contributed by atoms with Crippen LogP contribution in [-0.4, -0.2) is 17.8 Å². The van der Waals surface area contributed by atoms with Crippen molar-refractivity contribution in [2.24, 2.45) is 5.92 Å². The third-order valence-electron chi connectivity index (χ3n) is 2.89. The van der Waals surface area contributed by atoms with Crippen LogP contribution in [0.1, 0.15) is 12.5 Å². The summed E-state index contributed by atoms with van der Waals surface area (Å²) in [5.41, 5.74) is 1.13. The topological polar surface area (TPSA) is 66.5 Å². The highest BCUT2D eigenvalue weighted by Gasteiger charge is 2.39. The summed E-state index contributed by atoms with van der Waals surface area (Å²) in [5.74, 6) is -2.08. The largest absolute Gasteiger partial charge is 0.335 e. The molecular weight excluding hydrogens is 336 g/mol. The maximum Gasteiger partial charge on any atom is 0.335 e. The number of nitrogens with zero attached hydrogens (tertiary/aromatic N) is 1. The number of barbiturate groups is 1. The van der Waals surface area contributed by atoms with Crippen molar-refractivity contribution in [3.05, 3.63) is 27.2 Å². The van der Waals surface area contributed by atoms with E-state index in [4.69, 9.17) is 11.6 Å². The zero-order valence-corrected chi connectivity index (χ0v) is 12.5. The molecule has 1 aliphatic rings. The highest BCUT2D eigenvalue weighted by molar-refractivity contribution is 9.10. The zero-order valence-electron chi connectivity index (χ0n) is 10.2. The van der Waals surface area contributed by atoms with Crippen molar-refractivity contribution < 1.29 is 14.4 Å². The number of nitrogens with one attached hydrogen (secondary N) is 1. The molecule has 2 rings (SSSR count). The standard InChI is InChI=1S/C12H10BrClN2O3/c1-5-3-7(13)9(4-8(5)14)16-11(18)6(2)10(17)15-12(16)19/h3-4,6H,1-2H3,(H,15,17,19). The van der Waals surface area contributed by atoms with Crippen molar-refractivity contribution in [1.29, 1.82) is 0 Å². The average Bonchev–Trinajstić information content (AvgIpc) is 2.33. The van der Waals surface area contributed by atoms with E-state index in [1.807, 2.05) is 0 Å². The van der Waals surface area contributed by atoms with Gasteiger partial charge in [0, 0.05) is 9.50 Å². The Kier molecular flexibility index (Phi) is 3.64. The number of hydrogen-bond donors (Lipinski definition) is 1. The fraction of sp³-hybridized carbons (Fsp3) is 0.250. The van der Waals surface area contributed by atoms with Gasteiger partial charge in [-0.15, -0.1) is 0 Å². The van der Waals surface area contributed by atoms with Crippen LogP contribution in [0.5, 0.6) is 0 Å². The fourth-order valence-corrected chi connectivity index (χ4v) is 2.50. The minimum absolute atomic E-state index is 0.317. The van der Waals surface area contributed by atoms with Gasteiger partial charge in [-0.05, 0) is 47.5 Å². The molecule has 1 fully saturated rings. The van der Waals surface area contributed by atoms with E-state index in [0.717, 1.165) is 10.5 Å². The monoisotopic (exact) mass is 344 g/mol. The molecular formula is C12H10BrClN2O3. The zero-order chi connectivity index (χ0) is 14.3. The number of aryl methyl sites for hydroxylation is 1. The Hall–Kier alpha value is -1.40. The lowest BCUT2D eigenvalue weighted by Gasteiger charge is -2.29. The number of benzene rings is 1. The molecule has 0 radical (unpaired) electrons. The number of amides is 4. The second-order valence-electron chi connectivity index (χ2n) is 4.24. The molecule has 1 aliphatic heterocycles. The van der Waals surface area contributed by atoms with Gasteiger partial charge in [-0.3, -0.25) is 14.9 Å². The van der Waals surface area contributed by atoms with Crippen LogP contribution in [0.2, 0.25) is 5.02 Å². The van der Waals surface area contributed by atoms with Gasteiger partial charge in [-0.2, -0.15) is 0 Å². The fourth-order valence-electron chi connectivity index (χ4n) is 1.71. The smallest absolute Gasteiger partial charge is 0.277 e. The third-order valence-corrected chi connectivity index (χ3v) is 3.93. The van der Waals surface area contributed by atoms with Crippen molar-refractivity contribution in [1.82, 2.24) is 5.32 Å². The van der Waals surface area contributed by atoms with Crippen LogP contribution in [0.25, 0.3) is 0 Å². The van der Waals surface area contributed by atoms with Gasteiger partial charge in [0.1, 0.15) is 5.92 Å². The first-order valence-corrected chi connectivity index (χ1v) is 6.64. The Morgan fingerprint density at radius 1 is 1.32 bits per heavy atom. The summed E-state index contributed by atoms with van der Waals surface area (Å²) in [5, 5.41) is 2.57. The van der Waals surface area contributed by atoms with Crippen LogP contribution < -0.4 is 10.2 Å². The van der Waals surface area contributed by atoms with E-state index in [1.54, 1.807) is 13.0 Å². The molecule has 0 aromatic heterocycles. The summed E-state index contributed by atoms with van der Waals surface area (Å²) in [6.07, 6.45) is 0. The Labute approximate surface area is 123 Å². The van der Waals surface area contributed by atoms with Gasteiger partial charge in [0.15, 0.2) is 0 Å². The molecule has 0 bridgehead atoms. The van der Waals surface area contributed by atoms with Crippen LogP contribution in [0.4, 0.5) is 10.5 Å². The molecule has 7 heteroatoms. The molecule has 1 aromatic carbocycles. The van der Waals surface area contributed by atoms with E-state index < -0.39 is 23.8 Å². The van der Waals surface area contributed by atoms with E-state index in [9.17, 15) is 14.4 Å². The summed E-state index contributed by atoms with van der Waals surface area (Å²) >= 11 is 9.30. The predicted octanol–water partition coefficient (Wildman–Crippen LogP) is 2.63. The number of hydrogen-bond acceptors (Lipinski definition) is 3. The number of urea groups is 1. The number of halogens is 2. The molecule has 1 unspecified atom stereocenters. The van der Waals surface area contributed by atoms with Crippen LogP contribution >= 0.6 is 27.5 Å². The van der Waals surface area contributed by atoms with Crippen molar-refractivity contribution >= 4 is 51.1 Å². The normalized spacial score (nSPS) is 19.7. The summed E-state index contributed by atoms with van der Waals surface area (Å²) in [6, 6.07) is 2.45. The van der Waals surface area contributed by atoms with Crippen molar-refractivity contribution in [2.75, 3.05) is 4.90 Å². The molecule has 1 saturated heterocycles. The molecule has 0 saturated carbocycles. The lowest BCUT2D eigenvalue weighted by atomic mass is 10.1. The first-order chi connectivity index (χ1) is 8.82. The second-order valence-corrected chi connectivity index (χ2v) is 5.50. The Morgan fingerprint density at radius 3 is 2.58 bits per heavy atom. The number of rotatable bonds is 1. The lowest BCUT2D eigenvalue weighted by Crippen LogP contribution is -2.57. The molecule has 4 amide bonds. The molecule has 1 N–H and O–H groups in total. The van der Waals surface area contributed by atoms with E-state index in [0.29, 0.717) is 15.2 Å². The quantitative estimate of drug-likeness (QED) is 0.796. The Morgan fingerprint density at radius 2 is 1.95 bits per heavy atom. The van der Waals surface area contributed by atoms with Crippen molar-refractivity contribution in [3.8, 4) is 0 Å². The minimum atomic E-state index is -0.912. The molecule has 0 spiro atoms. The first-order valence-electron chi connectivity index (χ1n) is 5.47. The third kappa shape index (κ3) is 2.37. The summed E-state index contributed by atoms with van der Waals surface area (Å²) < 4.78 is 0.555. The SMILES string of the molecule is Cc1cc(Br)c(N2C(=O)NC(=O)C(C)C2=O)cc1Cl. The highest BCUT2D eigenvalue weighted by Crippen LogP contribution is 2.33. The average molecular weight is 346 g/mol. The molecule has 100 valence electrons. The lowest BCUT2D eigenvalue weighted by molar-refractivity contribution is -0.133. The molecule has 19 heavy (non-hydrogen) atoms. The van der Waals surface area contributed by atoms with Crippen LogP contribution in [0.3, 0.4) is 0 Å². The first kappa shape index (κ1) is 14.0. The van der Waals surface area contributed by atoms with Crippen molar-refractivity contribution in [2.45, 2.75) is 13.8 Å². The highest BCUT2D eigenvalue weighted by atomic mass is 79.9. The molecule has 0 aliphatic carbocycles. The summed E-state index contributed by atoms with van der Waals surface area (Å²) in [6.45, 7) is 3.25. The predicted molar refractivity (Wildman–Crippen MR) is 74.1 cm³/mol. The maximum absolute atomic E-state index is 12.1. The Bertz CT molecular complexity index is 603. The van der Waals surface area contributed by atoms with Crippen molar-refractivity contribution in [3.63, 3.8) is 0 Å². The number of carbonyl (C=O) groups excluding carboxylic acids is 3. The molecule has 1 atom stereocenters. The molecule has 5 nitrogen and oxygen atoms in total. The minimum Gasteiger partial charge on any atom is -0.277 e. The van der Waals surface area contributed by atoms with Gasteiger partial charge in [-0.1, -0.05) is 11.6 Å². The van der Waals surface area contributed by atoms with Crippen LogP contribution in [-0.2, 0) is 9.59 Å². The van der Waals surface area contributed by atoms with E-state index >= 15 is 0 Å². The maximum atomic E-state index is 12.1.